The number of carbonyl (C=O) groups is 3. The van der Waals surface area contributed by atoms with Crippen LogP contribution in [0.2, 0.25) is 0 Å². The Hall–Kier alpha value is -3.90. The van der Waals surface area contributed by atoms with Crippen LogP contribution in [0.3, 0.4) is 0 Å². The summed E-state index contributed by atoms with van der Waals surface area (Å²) in [6, 6.07) is 5.07. The standard InChI is InChI=1S/C25H25N4O7S/c1-13(30)19-21-25(3,24(33)36-11-15-5-7-16(8-6-15)29(34)35)17(9-28(21)22(19)32)18-10-27-12-26(4)20(14(2)31)23(27)37-18/h5-10,12-13,19,21,30H,11H2,1-4H3/q+1/t13?,19-,21-,25+/m1/s1. The highest BCUT2D eigenvalue weighted by atomic mass is 32.1. The SMILES string of the molecule is CC(=O)c1c2sc(C3=CN4C(=O)[C@H](C(C)O)[C@@H]4[C@@]3(C)C(=O)OCc3ccc([N+](=O)[O-])cc3)c[n+]2cn1C. The largest absolute Gasteiger partial charge is 0.460 e. The van der Waals surface area contributed by atoms with Gasteiger partial charge in [-0.25, -0.2) is 4.57 Å². The van der Waals surface area contributed by atoms with Crippen molar-refractivity contribution in [1.82, 2.24) is 9.47 Å². The van der Waals surface area contributed by atoms with Gasteiger partial charge in [-0.15, -0.1) is 0 Å². The van der Waals surface area contributed by atoms with E-state index < -0.39 is 34.4 Å². The molecule has 0 radical (unpaired) electrons. The van der Waals surface area contributed by atoms with Crippen LogP contribution in [-0.2, 0) is 28.0 Å². The normalized spacial score (nSPS) is 23.4. The number of nitro benzene ring substituents is 1. The fourth-order valence-electron chi connectivity index (χ4n) is 5.33. The van der Waals surface area contributed by atoms with Crippen LogP contribution in [0.5, 0.6) is 0 Å². The van der Waals surface area contributed by atoms with Gasteiger partial charge in [0.1, 0.15) is 18.2 Å². The van der Waals surface area contributed by atoms with Gasteiger partial charge in [0, 0.05) is 30.8 Å². The summed E-state index contributed by atoms with van der Waals surface area (Å²) in [5.41, 5.74) is 0.298. The molecular weight excluding hydrogens is 500 g/mol. The second-order valence-corrected chi connectivity index (χ2v) is 10.7. The lowest BCUT2D eigenvalue weighted by molar-refractivity contribution is -0.508. The first kappa shape index (κ1) is 24.8. The van der Waals surface area contributed by atoms with E-state index in [2.05, 4.69) is 0 Å². The summed E-state index contributed by atoms with van der Waals surface area (Å²) < 4.78 is 9.23. The Kier molecular flexibility index (Phi) is 5.76. The molecule has 1 unspecified atom stereocenters. The zero-order valence-electron chi connectivity index (χ0n) is 20.6. The molecule has 1 fully saturated rings. The molecule has 2 aromatic heterocycles. The number of carbonyl (C=O) groups excluding carboxylic acids is 3. The van der Waals surface area contributed by atoms with Crippen molar-refractivity contribution in [3.8, 4) is 0 Å². The van der Waals surface area contributed by atoms with Crippen LogP contribution in [0.4, 0.5) is 5.69 Å². The minimum Gasteiger partial charge on any atom is -0.460 e. The zero-order chi connectivity index (χ0) is 26.8. The molecule has 37 heavy (non-hydrogen) atoms. The number of fused-ring (bicyclic) bond motifs is 2. The molecule has 1 N–H and O–H groups in total. The molecule has 0 spiro atoms. The van der Waals surface area contributed by atoms with Crippen molar-refractivity contribution < 1.29 is 33.6 Å². The summed E-state index contributed by atoms with van der Waals surface area (Å²) in [5, 5.41) is 21.2. The van der Waals surface area contributed by atoms with Gasteiger partial charge in [0.15, 0.2) is 0 Å². The number of non-ortho nitro benzene ring substituents is 1. The van der Waals surface area contributed by atoms with Gasteiger partial charge in [-0.1, -0.05) is 11.3 Å². The molecule has 4 heterocycles. The molecule has 11 nitrogen and oxygen atoms in total. The molecule has 3 aromatic rings. The number of esters is 1. The number of hydrogen-bond donors (Lipinski definition) is 1. The highest BCUT2D eigenvalue weighted by molar-refractivity contribution is 7.18. The van der Waals surface area contributed by atoms with Crippen molar-refractivity contribution in [3.63, 3.8) is 0 Å². The van der Waals surface area contributed by atoms with Crippen molar-refractivity contribution in [3.05, 3.63) is 69.2 Å². The number of aliphatic hydroxyl groups is 1. The third-order valence-electron chi connectivity index (χ3n) is 7.21. The van der Waals surface area contributed by atoms with E-state index in [0.29, 0.717) is 26.5 Å². The number of hydrogen-bond acceptors (Lipinski definition) is 8. The van der Waals surface area contributed by atoms with E-state index >= 15 is 0 Å². The number of nitro groups is 1. The average molecular weight is 526 g/mol. The summed E-state index contributed by atoms with van der Waals surface area (Å²) in [5.74, 6) is -1.74. The highest BCUT2D eigenvalue weighted by Gasteiger charge is 2.66. The Balaban J connectivity index is 1.51. The number of benzene rings is 1. The van der Waals surface area contributed by atoms with Gasteiger partial charge in [-0.2, -0.15) is 4.40 Å². The van der Waals surface area contributed by atoms with E-state index in [0.717, 1.165) is 0 Å². The van der Waals surface area contributed by atoms with Crippen molar-refractivity contribution in [1.29, 1.82) is 0 Å². The van der Waals surface area contributed by atoms with Gasteiger partial charge in [-0.05, 0) is 31.5 Å². The molecule has 1 amide bonds. The van der Waals surface area contributed by atoms with Crippen LogP contribution in [0, 0.1) is 21.4 Å². The zero-order valence-corrected chi connectivity index (χ0v) is 21.4. The number of rotatable bonds is 7. The van der Waals surface area contributed by atoms with Crippen molar-refractivity contribution >= 4 is 45.1 Å². The number of nitrogens with zero attached hydrogens (tertiary/aromatic N) is 4. The summed E-state index contributed by atoms with van der Waals surface area (Å²) in [6.07, 6.45) is 4.25. The molecule has 0 saturated carbocycles. The number of ketones is 1. The number of imidazole rings is 1. The van der Waals surface area contributed by atoms with E-state index in [1.807, 2.05) is 10.6 Å². The van der Waals surface area contributed by atoms with Crippen LogP contribution in [0.15, 0.2) is 43.0 Å². The third-order valence-corrected chi connectivity index (χ3v) is 8.35. The maximum absolute atomic E-state index is 13.7. The Labute approximate surface area is 215 Å². The number of amides is 1. The van der Waals surface area contributed by atoms with Crippen LogP contribution < -0.4 is 4.40 Å². The number of β-lactam (4-membered cyclic amide) rings is 1. The Morgan fingerprint density at radius 3 is 2.59 bits per heavy atom. The molecular formula is C25H25N4O7S+. The van der Waals surface area contributed by atoms with Gasteiger partial charge in [0.2, 0.25) is 28.5 Å². The molecule has 5 rings (SSSR count). The minimum atomic E-state index is -1.29. The molecule has 2 aliphatic heterocycles. The summed E-state index contributed by atoms with van der Waals surface area (Å²) >= 11 is 1.33. The highest BCUT2D eigenvalue weighted by Crippen LogP contribution is 2.55. The van der Waals surface area contributed by atoms with Gasteiger partial charge >= 0.3 is 5.97 Å². The van der Waals surface area contributed by atoms with Crippen LogP contribution in [0.25, 0.3) is 10.4 Å². The monoisotopic (exact) mass is 525 g/mol. The number of ether oxygens (including phenoxy) is 1. The predicted molar refractivity (Wildman–Crippen MR) is 131 cm³/mol. The molecule has 2 aliphatic rings. The first-order valence-corrected chi connectivity index (χ1v) is 12.4. The first-order valence-electron chi connectivity index (χ1n) is 11.6. The quantitative estimate of drug-likeness (QED) is 0.125. The van der Waals surface area contributed by atoms with Crippen LogP contribution >= 0.6 is 11.3 Å². The van der Waals surface area contributed by atoms with Crippen molar-refractivity contribution in [2.45, 2.75) is 39.5 Å². The Morgan fingerprint density at radius 2 is 2.00 bits per heavy atom. The fraction of sp³-hybridized carbons (Fsp3) is 0.360. The van der Waals surface area contributed by atoms with E-state index in [-0.39, 0.29) is 24.0 Å². The number of Topliss-reactive ketones (excluding diaryl/α,β-unsaturated/α-hetero) is 1. The van der Waals surface area contributed by atoms with Gasteiger partial charge < -0.3 is 14.7 Å². The molecule has 12 heteroatoms. The Morgan fingerprint density at radius 1 is 1.32 bits per heavy atom. The third kappa shape index (κ3) is 3.66. The van der Waals surface area contributed by atoms with Crippen LogP contribution in [0.1, 0.15) is 41.7 Å². The van der Waals surface area contributed by atoms with E-state index in [4.69, 9.17) is 4.74 Å². The summed E-state index contributed by atoms with van der Waals surface area (Å²) in [6.45, 7) is 4.59. The van der Waals surface area contributed by atoms with Gasteiger partial charge in [0.25, 0.3) is 5.69 Å². The number of aliphatic hydroxyl groups excluding tert-OH is 1. The summed E-state index contributed by atoms with van der Waals surface area (Å²) in [7, 11) is 1.78. The average Bonchev–Trinajstić information content (AvgIpc) is 3.44. The maximum atomic E-state index is 13.7. The smallest absolute Gasteiger partial charge is 0.318 e. The van der Waals surface area contributed by atoms with Crippen LogP contribution in [-0.4, -0.2) is 49.3 Å². The van der Waals surface area contributed by atoms with Gasteiger partial charge in [0.05, 0.1) is 34.9 Å². The molecule has 0 aliphatic carbocycles. The molecule has 1 aromatic carbocycles. The second kappa shape index (κ2) is 8.60. The Bertz CT molecular complexity index is 1500. The van der Waals surface area contributed by atoms with E-state index in [1.54, 1.807) is 31.1 Å². The fourth-order valence-corrected chi connectivity index (χ4v) is 6.66. The second-order valence-electron chi connectivity index (χ2n) is 9.64. The first-order chi connectivity index (χ1) is 17.4. The molecule has 1 saturated heterocycles. The van der Waals surface area contributed by atoms with E-state index in [1.165, 1.54) is 54.3 Å². The van der Waals surface area contributed by atoms with E-state index in [9.17, 15) is 29.6 Å². The summed E-state index contributed by atoms with van der Waals surface area (Å²) in [4.78, 5) is 52.0. The maximum Gasteiger partial charge on any atom is 0.318 e. The lowest BCUT2D eigenvalue weighted by Crippen LogP contribution is -2.66. The lowest BCUT2D eigenvalue weighted by Gasteiger charge is -2.49. The van der Waals surface area contributed by atoms with Crippen molar-refractivity contribution in [2.24, 2.45) is 18.4 Å². The predicted octanol–water partition coefficient (Wildman–Crippen LogP) is 2.25. The number of aryl methyl sites for hydroxylation is 1. The lowest BCUT2D eigenvalue weighted by atomic mass is 9.67. The van der Waals surface area contributed by atoms with Gasteiger partial charge in [-0.3, -0.25) is 24.5 Å². The molecule has 4 atom stereocenters. The molecule has 192 valence electrons. The number of aromatic nitrogens is 2. The topological polar surface area (TPSA) is 136 Å². The molecule has 0 bridgehead atoms. The minimum absolute atomic E-state index is 0.0705. The van der Waals surface area contributed by atoms with Crippen molar-refractivity contribution in [2.75, 3.05) is 0 Å². The number of thiazole rings is 1.